The minimum atomic E-state index is -0.933. The van der Waals surface area contributed by atoms with Gasteiger partial charge in [-0.3, -0.25) is 19.5 Å². The molecule has 1 unspecified atom stereocenters. The van der Waals surface area contributed by atoms with E-state index >= 15 is 0 Å². The molecular formula is C20H20N4O4S. The lowest BCUT2D eigenvalue weighted by Crippen LogP contribution is -2.39. The van der Waals surface area contributed by atoms with E-state index < -0.39 is 17.2 Å². The smallest absolute Gasteiger partial charge is 0.318 e. The van der Waals surface area contributed by atoms with Gasteiger partial charge in [0.2, 0.25) is 5.91 Å². The number of primary amides is 1. The fourth-order valence-corrected chi connectivity index (χ4v) is 3.64. The predicted octanol–water partition coefficient (Wildman–Crippen LogP) is 2.46. The molecule has 0 aliphatic heterocycles. The van der Waals surface area contributed by atoms with Gasteiger partial charge in [0.25, 0.3) is 5.56 Å². The highest BCUT2D eigenvalue weighted by Gasteiger charge is 2.21. The zero-order valence-corrected chi connectivity index (χ0v) is 16.7. The van der Waals surface area contributed by atoms with Gasteiger partial charge in [0.1, 0.15) is 5.75 Å². The van der Waals surface area contributed by atoms with Crippen molar-refractivity contribution >= 4 is 34.6 Å². The van der Waals surface area contributed by atoms with E-state index in [-0.39, 0.29) is 5.56 Å². The third-order valence-electron chi connectivity index (χ3n) is 4.05. The number of hydrogen-bond acceptors (Lipinski definition) is 6. The van der Waals surface area contributed by atoms with Gasteiger partial charge in [0, 0.05) is 0 Å². The Balaban J connectivity index is 2.09. The summed E-state index contributed by atoms with van der Waals surface area (Å²) >= 11 is 1.06. The van der Waals surface area contributed by atoms with Crippen LogP contribution in [0, 0.1) is 0 Å². The molecule has 0 aliphatic rings. The quantitative estimate of drug-likeness (QED) is 0.475. The number of para-hydroxylation sites is 1. The standard InChI is InChI=1S/C20H20N4O4S/c1-3-28-14-10-8-13(9-11-14)24-18(26)15-6-4-5-7-16(15)22-20(24)29-12(2)17(25)23-19(21)27/h4-12H,3H2,1-2H3,(H3,21,23,25,27). The van der Waals surface area contributed by atoms with Crippen LogP contribution in [-0.2, 0) is 4.79 Å². The van der Waals surface area contributed by atoms with E-state index in [0.717, 1.165) is 11.8 Å². The molecule has 3 N–H and O–H groups in total. The second kappa shape index (κ2) is 8.78. The van der Waals surface area contributed by atoms with Gasteiger partial charge in [-0.2, -0.15) is 0 Å². The molecule has 1 aromatic heterocycles. The van der Waals surface area contributed by atoms with Crippen molar-refractivity contribution in [3.05, 3.63) is 58.9 Å². The molecule has 1 atom stereocenters. The van der Waals surface area contributed by atoms with Crippen molar-refractivity contribution in [2.45, 2.75) is 24.3 Å². The summed E-state index contributed by atoms with van der Waals surface area (Å²) in [7, 11) is 0. The van der Waals surface area contributed by atoms with Gasteiger partial charge in [-0.25, -0.2) is 9.78 Å². The summed E-state index contributed by atoms with van der Waals surface area (Å²) in [6.45, 7) is 4.02. The van der Waals surface area contributed by atoms with Gasteiger partial charge < -0.3 is 10.5 Å². The summed E-state index contributed by atoms with van der Waals surface area (Å²) in [5, 5.41) is 2.12. The molecule has 9 heteroatoms. The highest BCUT2D eigenvalue weighted by atomic mass is 32.2. The number of urea groups is 1. The Morgan fingerprint density at radius 2 is 1.90 bits per heavy atom. The molecule has 1 heterocycles. The maximum atomic E-state index is 13.2. The van der Waals surface area contributed by atoms with Crippen LogP contribution in [0.15, 0.2) is 58.5 Å². The van der Waals surface area contributed by atoms with Gasteiger partial charge in [0.05, 0.1) is 28.4 Å². The first-order valence-corrected chi connectivity index (χ1v) is 9.80. The van der Waals surface area contributed by atoms with Gasteiger partial charge >= 0.3 is 6.03 Å². The minimum Gasteiger partial charge on any atom is -0.494 e. The SMILES string of the molecule is CCOc1ccc(-n2c(SC(C)C(=O)NC(N)=O)nc3ccccc3c2=O)cc1. The molecule has 0 spiro atoms. The highest BCUT2D eigenvalue weighted by molar-refractivity contribution is 8.00. The Morgan fingerprint density at radius 1 is 1.21 bits per heavy atom. The van der Waals surface area contributed by atoms with Crippen LogP contribution < -0.4 is 21.3 Å². The number of carbonyl (C=O) groups excluding carboxylic acids is 2. The Kier molecular flexibility index (Phi) is 6.18. The monoisotopic (exact) mass is 412 g/mol. The molecule has 150 valence electrons. The number of rotatable bonds is 6. The highest BCUT2D eigenvalue weighted by Crippen LogP contribution is 2.26. The topological polar surface area (TPSA) is 116 Å². The number of nitrogens with one attached hydrogen (secondary N) is 1. The van der Waals surface area contributed by atoms with Gasteiger partial charge in [0.15, 0.2) is 5.16 Å². The van der Waals surface area contributed by atoms with Crippen LogP contribution in [0.1, 0.15) is 13.8 Å². The first-order valence-electron chi connectivity index (χ1n) is 8.92. The molecular weight excluding hydrogens is 392 g/mol. The van der Waals surface area contributed by atoms with Crippen LogP contribution in [0.2, 0.25) is 0 Å². The van der Waals surface area contributed by atoms with E-state index in [1.54, 1.807) is 55.5 Å². The second-order valence-electron chi connectivity index (χ2n) is 6.09. The van der Waals surface area contributed by atoms with E-state index in [2.05, 4.69) is 4.98 Å². The van der Waals surface area contributed by atoms with Crippen LogP contribution in [0.4, 0.5) is 4.79 Å². The number of nitrogens with zero attached hydrogens (tertiary/aromatic N) is 2. The van der Waals surface area contributed by atoms with Gasteiger partial charge in [-0.15, -0.1) is 0 Å². The number of benzene rings is 2. The second-order valence-corrected chi connectivity index (χ2v) is 7.40. The van der Waals surface area contributed by atoms with Crippen LogP contribution in [0.3, 0.4) is 0 Å². The number of aromatic nitrogens is 2. The predicted molar refractivity (Wildman–Crippen MR) is 112 cm³/mol. The summed E-state index contributed by atoms with van der Waals surface area (Å²) in [5.74, 6) is 0.115. The number of imide groups is 1. The number of nitrogens with two attached hydrogens (primary N) is 1. The lowest BCUT2D eigenvalue weighted by Gasteiger charge is -2.16. The van der Waals surface area contributed by atoms with Crippen molar-refractivity contribution in [3.63, 3.8) is 0 Å². The van der Waals surface area contributed by atoms with Gasteiger partial charge in [-0.1, -0.05) is 23.9 Å². The minimum absolute atomic E-state index is 0.259. The Hall–Kier alpha value is -3.33. The average Bonchev–Trinajstić information content (AvgIpc) is 2.69. The van der Waals surface area contributed by atoms with E-state index in [1.165, 1.54) is 4.57 Å². The van der Waals surface area contributed by atoms with Crippen molar-refractivity contribution in [1.82, 2.24) is 14.9 Å². The average molecular weight is 412 g/mol. The summed E-state index contributed by atoms with van der Waals surface area (Å²) in [4.78, 5) is 40.8. The van der Waals surface area contributed by atoms with Crippen LogP contribution >= 0.6 is 11.8 Å². The van der Waals surface area contributed by atoms with E-state index in [1.807, 2.05) is 12.2 Å². The summed E-state index contributed by atoms with van der Waals surface area (Å²) in [5.41, 5.74) is 5.86. The third kappa shape index (κ3) is 4.57. The number of thioether (sulfide) groups is 1. The number of ether oxygens (including phenoxy) is 1. The molecule has 0 aliphatic carbocycles. The molecule has 29 heavy (non-hydrogen) atoms. The lowest BCUT2D eigenvalue weighted by molar-refractivity contribution is -0.119. The normalized spacial score (nSPS) is 11.8. The summed E-state index contributed by atoms with van der Waals surface area (Å²) < 4.78 is 6.90. The zero-order valence-electron chi connectivity index (χ0n) is 15.9. The molecule has 2 aromatic carbocycles. The number of hydrogen-bond donors (Lipinski definition) is 2. The fourth-order valence-electron chi connectivity index (χ4n) is 2.71. The number of amides is 3. The van der Waals surface area contributed by atoms with Crippen LogP contribution in [0.25, 0.3) is 16.6 Å². The van der Waals surface area contributed by atoms with E-state index in [0.29, 0.717) is 34.1 Å². The molecule has 3 aromatic rings. The molecule has 8 nitrogen and oxygen atoms in total. The Labute approximate surface area is 171 Å². The van der Waals surface area contributed by atoms with Crippen molar-refractivity contribution in [2.24, 2.45) is 5.73 Å². The Morgan fingerprint density at radius 3 is 2.55 bits per heavy atom. The van der Waals surface area contributed by atoms with Crippen molar-refractivity contribution in [3.8, 4) is 11.4 Å². The maximum absolute atomic E-state index is 13.2. The maximum Gasteiger partial charge on any atom is 0.318 e. The largest absolute Gasteiger partial charge is 0.494 e. The van der Waals surface area contributed by atoms with Crippen LogP contribution in [0.5, 0.6) is 5.75 Å². The van der Waals surface area contributed by atoms with E-state index in [9.17, 15) is 14.4 Å². The number of fused-ring (bicyclic) bond motifs is 1. The van der Waals surface area contributed by atoms with Crippen LogP contribution in [-0.4, -0.2) is 33.3 Å². The van der Waals surface area contributed by atoms with E-state index in [4.69, 9.17) is 10.5 Å². The zero-order chi connectivity index (χ0) is 21.0. The third-order valence-corrected chi connectivity index (χ3v) is 5.10. The van der Waals surface area contributed by atoms with Crippen molar-refractivity contribution in [2.75, 3.05) is 6.61 Å². The molecule has 0 radical (unpaired) electrons. The van der Waals surface area contributed by atoms with Crippen molar-refractivity contribution < 1.29 is 14.3 Å². The summed E-state index contributed by atoms with van der Waals surface area (Å²) in [6, 6.07) is 13.1. The first kappa shape index (κ1) is 20.4. The first-order chi connectivity index (χ1) is 13.9. The molecule has 0 fully saturated rings. The van der Waals surface area contributed by atoms with Gasteiger partial charge in [-0.05, 0) is 50.2 Å². The number of carbonyl (C=O) groups is 2. The fraction of sp³-hybridized carbons (Fsp3) is 0.200. The lowest BCUT2D eigenvalue weighted by atomic mass is 10.2. The van der Waals surface area contributed by atoms with Crippen molar-refractivity contribution in [1.29, 1.82) is 0 Å². The Bertz CT molecular complexity index is 1110. The summed E-state index contributed by atoms with van der Waals surface area (Å²) in [6.07, 6.45) is 0. The molecule has 3 amide bonds. The molecule has 3 rings (SSSR count). The molecule has 0 saturated heterocycles. The molecule has 0 saturated carbocycles. The molecule has 0 bridgehead atoms.